The van der Waals surface area contributed by atoms with E-state index in [0.29, 0.717) is 5.29 Å². The lowest BCUT2D eigenvalue weighted by Crippen LogP contribution is -2.32. The van der Waals surface area contributed by atoms with Crippen LogP contribution in [0.15, 0.2) is 119 Å². The molecule has 3 nitrogen and oxygen atoms in total. The molecular weight excluding hydrogens is 426 g/mol. The molecule has 0 amide bonds. The van der Waals surface area contributed by atoms with Gasteiger partial charge in [0, 0.05) is 5.56 Å². The molecule has 6 rings (SSSR count). The van der Waals surface area contributed by atoms with E-state index in [1.165, 1.54) is 16.3 Å². The zero-order chi connectivity index (χ0) is 22.2. The number of nitrogens with one attached hydrogen (secondary N) is 1. The Morgan fingerprint density at radius 2 is 1.33 bits per heavy atom. The van der Waals surface area contributed by atoms with Gasteiger partial charge in [-0.2, -0.15) is 0 Å². The second-order valence-electron chi connectivity index (χ2n) is 8.11. The highest BCUT2D eigenvalue weighted by Gasteiger charge is 2.20. The maximum atomic E-state index is 6.46. The topological polar surface area (TPSA) is 36.8 Å². The molecule has 0 fully saturated rings. The van der Waals surface area contributed by atoms with Crippen molar-refractivity contribution in [3.05, 3.63) is 120 Å². The van der Waals surface area contributed by atoms with Crippen LogP contribution in [0.2, 0.25) is 0 Å². The predicted molar refractivity (Wildman–Crippen MR) is 139 cm³/mol. The molecule has 1 aliphatic rings. The Bertz CT molecular complexity index is 1550. The molecule has 1 atom stereocenters. The minimum atomic E-state index is -0.424. The molecule has 4 heteroatoms. The van der Waals surface area contributed by atoms with E-state index < -0.39 is 6.17 Å². The summed E-state index contributed by atoms with van der Waals surface area (Å²) in [5.74, 6) is 0.722. The Morgan fingerprint density at radius 1 is 0.606 bits per heavy atom. The molecule has 5 aromatic carbocycles. The molecule has 33 heavy (non-hydrogen) atoms. The molecule has 1 heterocycles. The highest BCUT2D eigenvalue weighted by molar-refractivity contribution is 6.66. The van der Waals surface area contributed by atoms with Crippen molar-refractivity contribution in [1.82, 2.24) is 5.32 Å². The lowest BCUT2D eigenvalue weighted by molar-refractivity contribution is 0.761. The van der Waals surface area contributed by atoms with Crippen LogP contribution < -0.4 is 5.32 Å². The van der Waals surface area contributed by atoms with Gasteiger partial charge in [0.25, 0.3) is 0 Å². The van der Waals surface area contributed by atoms with Gasteiger partial charge < -0.3 is 5.32 Å². The summed E-state index contributed by atoms with van der Waals surface area (Å²) in [6, 6.07) is 37.8. The maximum Gasteiger partial charge on any atom is 0.199 e. The van der Waals surface area contributed by atoms with Crippen LogP contribution in [0, 0.1) is 0 Å². The first kappa shape index (κ1) is 19.7. The summed E-state index contributed by atoms with van der Waals surface area (Å²) in [5.41, 5.74) is 4.32. The highest BCUT2D eigenvalue weighted by atomic mass is 35.5. The molecule has 1 unspecified atom stereocenters. The zero-order valence-electron chi connectivity index (χ0n) is 17.7. The molecule has 0 radical (unpaired) electrons. The normalized spacial score (nSPS) is 15.7. The van der Waals surface area contributed by atoms with Gasteiger partial charge in [0.2, 0.25) is 0 Å². The number of hydrogen-bond acceptors (Lipinski definition) is 3. The van der Waals surface area contributed by atoms with Gasteiger partial charge in [-0.15, -0.1) is 0 Å². The van der Waals surface area contributed by atoms with Crippen LogP contribution in [0.5, 0.6) is 0 Å². The maximum absolute atomic E-state index is 6.46. The third-order valence-electron chi connectivity index (χ3n) is 6.00. The molecule has 0 saturated carbocycles. The second-order valence-corrected chi connectivity index (χ2v) is 8.47. The Hall–Kier alpha value is -3.95. The van der Waals surface area contributed by atoms with Gasteiger partial charge in [0.1, 0.15) is 5.84 Å². The van der Waals surface area contributed by atoms with Crippen LogP contribution >= 0.6 is 11.6 Å². The van der Waals surface area contributed by atoms with Gasteiger partial charge in [-0.1, -0.05) is 91.0 Å². The fourth-order valence-corrected chi connectivity index (χ4v) is 4.57. The summed E-state index contributed by atoms with van der Waals surface area (Å²) in [4.78, 5) is 9.57. The molecule has 0 aliphatic carbocycles. The van der Waals surface area contributed by atoms with E-state index in [1.54, 1.807) is 0 Å². The SMILES string of the molecule is ClC1=NC(c2cc(-c3ccccc3)c3ccccc3c2)N=C(c2ccc3ccccc3c2)N1. The van der Waals surface area contributed by atoms with Crippen molar-refractivity contribution in [2.75, 3.05) is 0 Å². The van der Waals surface area contributed by atoms with Gasteiger partial charge in [0.15, 0.2) is 11.5 Å². The molecule has 1 N–H and O–H groups in total. The minimum Gasteiger partial charge on any atom is -0.315 e. The van der Waals surface area contributed by atoms with E-state index in [0.717, 1.165) is 33.3 Å². The summed E-state index contributed by atoms with van der Waals surface area (Å²) in [6.45, 7) is 0. The summed E-state index contributed by atoms with van der Waals surface area (Å²) >= 11 is 6.46. The summed E-state index contributed by atoms with van der Waals surface area (Å²) < 4.78 is 0. The third-order valence-corrected chi connectivity index (χ3v) is 6.19. The van der Waals surface area contributed by atoms with E-state index in [-0.39, 0.29) is 0 Å². The molecule has 1 aliphatic heterocycles. The van der Waals surface area contributed by atoms with E-state index in [4.69, 9.17) is 16.6 Å². The number of amidine groups is 2. The van der Waals surface area contributed by atoms with E-state index in [9.17, 15) is 0 Å². The summed E-state index contributed by atoms with van der Waals surface area (Å²) in [7, 11) is 0. The molecule has 0 spiro atoms. The summed E-state index contributed by atoms with van der Waals surface area (Å²) in [5, 5.41) is 8.19. The van der Waals surface area contributed by atoms with Gasteiger partial charge in [-0.3, -0.25) is 0 Å². The first-order chi connectivity index (χ1) is 16.2. The summed E-state index contributed by atoms with van der Waals surface area (Å²) in [6.07, 6.45) is -0.424. The van der Waals surface area contributed by atoms with Crippen molar-refractivity contribution in [3.8, 4) is 11.1 Å². The first-order valence-corrected chi connectivity index (χ1v) is 11.3. The van der Waals surface area contributed by atoms with Crippen LogP contribution in [0.3, 0.4) is 0 Å². The average Bonchev–Trinajstić information content (AvgIpc) is 2.88. The lowest BCUT2D eigenvalue weighted by atomic mass is 9.95. The van der Waals surface area contributed by atoms with Crippen molar-refractivity contribution < 1.29 is 0 Å². The first-order valence-electron chi connectivity index (χ1n) is 10.9. The van der Waals surface area contributed by atoms with Gasteiger partial charge in [-0.25, -0.2) is 9.98 Å². The Balaban J connectivity index is 1.48. The monoisotopic (exact) mass is 445 g/mol. The van der Waals surface area contributed by atoms with E-state index >= 15 is 0 Å². The van der Waals surface area contributed by atoms with E-state index in [2.05, 4.69) is 101 Å². The number of rotatable bonds is 3. The molecule has 0 bridgehead atoms. The molecular formula is C29H20ClN3. The van der Waals surface area contributed by atoms with Crippen molar-refractivity contribution in [3.63, 3.8) is 0 Å². The largest absolute Gasteiger partial charge is 0.315 e. The minimum absolute atomic E-state index is 0.340. The second kappa shape index (κ2) is 8.19. The van der Waals surface area contributed by atoms with E-state index in [1.807, 2.05) is 18.2 Å². The fraction of sp³-hybridized carbons (Fsp3) is 0.0345. The standard InChI is InChI=1S/C29H20ClN3/c30-29-32-27(23-15-14-19-8-4-5-11-21(19)16-23)31-28(33-29)24-17-22-12-6-7-13-25(22)26(18-24)20-9-2-1-3-10-20/h1-18,28H,(H,31,32,33). The molecule has 5 aromatic rings. The number of aliphatic imine (C=N–C) groups is 2. The number of fused-ring (bicyclic) bond motifs is 2. The van der Waals surface area contributed by atoms with Crippen molar-refractivity contribution >= 4 is 44.3 Å². The van der Waals surface area contributed by atoms with Crippen LogP contribution in [0.1, 0.15) is 17.3 Å². The van der Waals surface area contributed by atoms with Crippen LogP contribution in [0.25, 0.3) is 32.7 Å². The molecule has 158 valence electrons. The lowest BCUT2D eigenvalue weighted by Gasteiger charge is -2.20. The Kier molecular flexibility index (Phi) is 4.89. The number of benzene rings is 5. The van der Waals surface area contributed by atoms with Crippen LogP contribution in [-0.2, 0) is 0 Å². The molecule has 0 aromatic heterocycles. The average molecular weight is 446 g/mol. The zero-order valence-corrected chi connectivity index (χ0v) is 18.5. The van der Waals surface area contributed by atoms with Gasteiger partial charge >= 0.3 is 0 Å². The quantitative estimate of drug-likeness (QED) is 0.290. The smallest absolute Gasteiger partial charge is 0.199 e. The van der Waals surface area contributed by atoms with Crippen LogP contribution in [-0.4, -0.2) is 11.1 Å². The Morgan fingerprint density at radius 3 is 2.18 bits per heavy atom. The van der Waals surface area contributed by atoms with Crippen molar-refractivity contribution in [2.45, 2.75) is 6.17 Å². The highest BCUT2D eigenvalue weighted by Crippen LogP contribution is 2.34. The van der Waals surface area contributed by atoms with Crippen molar-refractivity contribution in [1.29, 1.82) is 0 Å². The van der Waals surface area contributed by atoms with Crippen molar-refractivity contribution in [2.24, 2.45) is 9.98 Å². The van der Waals surface area contributed by atoms with Gasteiger partial charge in [-0.05, 0) is 68.0 Å². The number of nitrogens with zero attached hydrogens (tertiary/aromatic N) is 2. The molecule has 0 saturated heterocycles. The Labute approximate surface area is 197 Å². The number of halogens is 1. The third kappa shape index (κ3) is 3.77. The number of hydrogen-bond donors (Lipinski definition) is 1. The van der Waals surface area contributed by atoms with Gasteiger partial charge in [0.05, 0.1) is 0 Å². The fourth-order valence-electron chi connectivity index (χ4n) is 4.39. The van der Waals surface area contributed by atoms with Crippen LogP contribution in [0.4, 0.5) is 0 Å². The predicted octanol–water partition coefficient (Wildman–Crippen LogP) is 7.30.